The Labute approximate surface area is 186 Å². The Bertz CT molecular complexity index is 669. The molecular formula is C22H33IN4O. The van der Waals surface area contributed by atoms with E-state index in [0.717, 1.165) is 37.8 Å². The van der Waals surface area contributed by atoms with Crippen LogP contribution in [0.5, 0.6) is 0 Å². The number of hydrogen-bond donors (Lipinski definition) is 2. The van der Waals surface area contributed by atoms with E-state index >= 15 is 0 Å². The van der Waals surface area contributed by atoms with Crippen molar-refractivity contribution in [2.24, 2.45) is 4.99 Å². The quantitative estimate of drug-likeness (QED) is 0.327. The van der Waals surface area contributed by atoms with E-state index in [-0.39, 0.29) is 30.0 Å². The number of aliphatic imine (C=N–C) groups is 1. The second-order valence-corrected chi connectivity index (χ2v) is 7.17. The minimum absolute atomic E-state index is 0. The van der Waals surface area contributed by atoms with Crippen molar-refractivity contribution in [3.05, 3.63) is 60.1 Å². The lowest BCUT2D eigenvalue weighted by molar-refractivity contribution is 0.235. The molecule has 0 saturated carbocycles. The maximum atomic E-state index is 5.42. The predicted molar refractivity (Wildman–Crippen MR) is 126 cm³/mol. The van der Waals surface area contributed by atoms with Crippen molar-refractivity contribution in [2.75, 3.05) is 32.7 Å². The normalized spacial score (nSPS) is 16.2. The number of nitrogens with zero attached hydrogens (tertiary/aromatic N) is 2. The molecule has 1 unspecified atom stereocenters. The van der Waals surface area contributed by atoms with Gasteiger partial charge < -0.3 is 20.0 Å². The van der Waals surface area contributed by atoms with Crippen LogP contribution in [0, 0.1) is 0 Å². The molecule has 0 aliphatic carbocycles. The first-order chi connectivity index (χ1) is 13.3. The van der Waals surface area contributed by atoms with Crippen molar-refractivity contribution < 1.29 is 4.42 Å². The van der Waals surface area contributed by atoms with Crippen LogP contribution >= 0.6 is 24.0 Å². The smallest absolute Gasteiger partial charge is 0.191 e. The Morgan fingerprint density at radius 2 is 1.89 bits per heavy atom. The van der Waals surface area contributed by atoms with Crippen LogP contribution in [-0.4, -0.2) is 43.6 Å². The van der Waals surface area contributed by atoms with Crippen LogP contribution in [0.1, 0.15) is 43.6 Å². The van der Waals surface area contributed by atoms with Crippen LogP contribution in [0.3, 0.4) is 0 Å². The molecule has 1 aliphatic rings. The van der Waals surface area contributed by atoms with Gasteiger partial charge in [0.25, 0.3) is 0 Å². The second kappa shape index (κ2) is 12.8. The highest BCUT2D eigenvalue weighted by Crippen LogP contribution is 2.11. The largest absolute Gasteiger partial charge is 0.469 e. The molecule has 1 atom stereocenters. The van der Waals surface area contributed by atoms with E-state index in [1.54, 1.807) is 6.26 Å². The third kappa shape index (κ3) is 7.83. The monoisotopic (exact) mass is 496 g/mol. The van der Waals surface area contributed by atoms with Gasteiger partial charge in [-0.2, -0.15) is 0 Å². The summed E-state index contributed by atoms with van der Waals surface area (Å²) in [7, 11) is 0. The molecule has 2 N–H and O–H groups in total. The first-order valence-corrected chi connectivity index (χ1v) is 10.2. The molecule has 6 heteroatoms. The van der Waals surface area contributed by atoms with E-state index in [2.05, 4.69) is 46.7 Å². The van der Waals surface area contributed by atoms with Crippen molar-refractivity contribution in [2.45, 2.75) is 38.6 Å². The van der Waals surface area contributed by atoms with Crippen molar-refractivity contribution >= 4 is 29.9 Å². The van der Waals surface area contributed by atoms with Crippen LogP contribution < -0.4 is 10.6 Å². The van der Waals surface area contributed by atoms with Crippen LogP contribution in [0.4, 0.5) is 0 Å². The van der Waals surface area contributed by atoms with Gasteiger partial charge in [0.15, 0.2) is 5.96 Å². The number of halogens is 1. The summed E-state index contributed by atoms with van der Waals surface area (Å²) < 4.78 is 5.42. The number of benzene rings is 1. The molecule has 5 nitrogen and oxygen atoms in total. The van der Waals surface area contributed by atoms with Gasteiger partial charge in [0, 0.05) is 19.5 Å². The van der Waals surface area contributed by atoms with E-state index in [1.807, 2.05) is 18.2 Å². The number of furan rings is 1. The van der Waals surface area contributed by atoms with Crippen LogP contribution in [0.25, 0.3) is 0 Å². The molecule has 154 valence electrons. The predicted octanol–water partition coefficient (Wildman–Crippen LogP) is 4.22. The number of likely N-dealkylation sites (tertiary alicyclic amines) is 1. The lowest BCUT2D eigenvalue weighted by Gasteiger charge is -2.25. The third-order valence-electron chi connectivity index (χ3n) is 5.03. The van der Waals surface area contributed by atoms with E-state index in [4.69, 9.17) is 9.41 Å². The summed E-state index contributed by atoms with van der Waals surface area (Å²) in [6.07, 6.45) is 6.58. The molecule has 1 aliphatic heterocycles. The third-order valence-corrected chi connectivity index (χ3v) is 5.03. The molecule has 1 saturated heterocycles. The van der Waals surface area contributed by atoms with E-state index in [9.17, 15) is 0 Å². The lowest BCUT2D eigenvalue weighted by atomic mass is 10.1. The fraction of sp³-hybridized carbons (Fsp3) is 0.500. The molecule has 0 radical (unpaired) electrons. The summed E-state index contributed by atoms with van der Waals surface area (Å²) in [5, 5.41) is 7.00. The molecule has 0 bridgehead atoms. The van der Waals surface area contributed by atoms with Crippen molar-refractivity contribution in [1.82, 2.24) is 15.5 Å². The fourth-order valence-electron chi connectivity index (χ4n) is 3.43. The van der Waals surface area contributed by atoms with Crippen LogP contribution in [0.15, 0.2) is 58.1 Å². The first kappa shape index (κ1) is 22.7. The number of nitrogens with one attached hydrogen (secondary N) is 2. The molecule has 1 aromatic carbocycles. The highest BCUT2D eigenvalue weighted by atomic mass is 127. The van der Waals surface area contributed by atoms with Crippen LogP contribution in [0.2, 0.25) is 0 Å². The number of rotatable bonds is 8. The zero-order chi connectivity index (χ0) is 18.7. The molecule has 1 fully saturated rings. The Balaban J connectivity index is 0.00000280. The standard InChI is InChI=1S/C22H32N4O.HI/c1-19(20-9-4-2-5-10-20)25-22(23-13-12-21-11-8-18-27-21)24-14-17-26-15-6-3-7-16-26;/h2,4-5,8-11,18-19H,3,6-7,12-17H2,1H3,(H2,23,24,25);1H. The summed E-state index contributed by atoms with van der Waals surface area (Å²) in [6.45, 7) is 7.24. The molecule has 0 spiro atoms. The fourth-order valence-corrected chi connectivity index (χ4v) is 3.43. The van der Waals surface area contributed by atoms with Gasteiger partial charge in [-0.05, 0) is 50.6 Å². The molecule has 2 aromatic rings. The Morgan fingerprint density at radius 1 is 1.11 bits per heavy atom. The van der Waals surface area contributed by atoms with Crippen molar-refractivity contribution in [3.63, 3.8) is 0 Å². The average molecular weight is 496 g/mol. The van der Waals surface area contributed by atoms with Gasteiger partial charge >= 0.3 is 0 Å². The molecule has 0 amide bonds. The van der Waals surface area contributed by atoms with E-state index < -0.39 is 0 Å². The van der Waals surface area contributed by atoms with E-state index in [1.165, 1.54) is 37.9 Å². The first-order valence-electron chi connectivity index (χ1n) is 10.2. The number of guanidine groups is 1. The summed E-state index contributed by atoms with van der Waals surface area (Å²) in [4.78, 5) is 7.35. The van der Waals surface area contributed by atoms with E-state index in [0.29, 0.717) is 0 Å². The van der Waals surface area contributed by atoms with Gasteiger partial charge in [-0.1, -0.05) is 36.8 Å². The number of hydrogen-bond acceptors (Lipinski definition) is 3. The van der Waals surface area contributed by atoms with Gasteiger partial charge in [-0.3, -0.25) is 4.99 Å². The van der Waals surface area contributed by atoms with Gasteiger partial charge in [0.1, 0.15) is 5.76 Å². The van der Waals surface area contributed by atoms with Gasteiger partial charge in [-0.25, -0.2) is 0 Å². The summed E-state index contributed by atoms with van der Waals surface area (Å²) in [5.74, 6) is 1.86. The summed E-state index contributed by atoms with van der Waals surface area (Å²) in [6, 6.07) is 14.6. The highest BCUT2D eigenvalue weighted by molar-refractivity contribution is 14.0. The molecule has 1 aromatic heterocycles. The SMILES string of the molecule is CC(NC(=NCCN1CCCCC1)NCCc1ccco1)c1ccccc1.I. The second-order valence-electron chi connectivity index (χ2n) is 7.17. The molecule has 2 heterocycles. The summed E-state index contributed by atoms with van der Waals surface area (Å²) in [5.41, 5.74) is 1.26. The van der Waals surface area contributed by atoms with Crippen LogP contribution in [-0.2, 0) is 6.42 Å². The minimum atomic E-state index is 0. The van der Waals surface area contributed by atoms with Crippen molar-refractivity contribution in [3.8, 4) is 0 Å². The highest BCUT2D eigenvalue weighted by Gasteiger charge is 2.10. The van der Waals surface area contributed by atoms with Crippen molar-refractivity contribution in [1.29, 1.82) is 0 Å². The number of piperidine rings is 1. The van der Waals surface area contributed by atoms with Gasteiger partial charge in [-0.15, -0.1) is 24.0 Å². The Kier molecular flexibility index (Phi) is 10.4. The molecule has 28 heavy (non-hydrogen) atoms. The minimum Gasteiger partial charge on any atom is -0.469 e. The molecule has 3 rings (SSSR count). The van der Waals surface area contributed by atoms with Gasteiger partial charge in [0.2, 0.25) is 0 Å². The average Bonchev–Trinajstić information content (AvgIpc) is 3.23. The molecular weight excluding hydrogens is 463 g/mol. The summed E-state index contributed by atoms with van der Waals surface area (Å²) >= 11 is 0. The zero-order valence-corrected chi connectivity index (χ0v) is 19.1. The maximum absolute atomic E-state index is 5.42. The Morgan fingerprint density at radius 3 is 2.61 bits per heavy atom. The topological polar surface area (TPSA) is 52.8 Å². The zero-order valence-electron chi connectivity index (χ0n) is 16.8. The maximum Gasteiger partial charge on any atom is 0.191 e. The lowest BCUT2D eigenvalue weighted by Crippen LogP contribution is -2.40. The van der Waals surface area contributed by atoms with Gasteiger partial charge in [0.05, 0.1) is 18.8 Å². The Hall–Kier alpha value is -1.54.